The SMILES string of the molecule is O=C([C@@H]1C[C@H](N2CCC(c3ccccc3)CC2)CN1)N1CCSC1. The lowest BCUT2D eigenvalue weighted by Gasteiger charge is -2.36. The maximum Gasteiger partial charge on any atom is 0.240 e. The van der Waals surface area contributed by atoms with Crippen LogP contribution in [0.1, 0.15) is 30.7 Å². The molecular formula is C19H27N3OS. The van der Waals surface area contributed by atoms with Crippen LogP contribution in [0.2, 0.25) is 0 Å². The fourth-order valence-corrected chi connectivity index (χ4v) is 5.27. The second-order valence-corrected chi connectivity index (χ2v) is 8.29. The van der Waals surface area contributed by atoms with Gasteiger partial charge in [0.15, 0.2) is 0 Å². The van der Waals surface area contributed by atoms with Crippen molar-refractivity contribution in [1.29, 1.82) is 0 Å². The van der Waals surface area contributed by atoms with Gasteiger partial charge in [0.25, 0.3) is 0 Å². The molecule has 5 heteroatoms. The van der Waals surface area contributed by atoms with Gasteiger partial charge in [-0.1, -0.05) is 30.3 Å². The standard InChI is InChI=1S/C19H27N3OS/c23-19(22-10-11-24-14-22)18-12-17(13-20-18)21-8-6-16(7-9-21)15-4-2-1-3-5-15/h1-5,16-18,20H,6-14H2/t17-,18-/m0/s1. The zero-order valence-electron chi connectivity index (χ0n) is 14.2. The number of benzene rings is 1. The van der Waals surface area contributed by atoms with Crippen molar-refractivity contribution >= 4 is 17.7 Å². The van der Waals surface area contributed by atoms with E-state index in [9.17, 15) is 4.79 Å². The quantitative estimate of drug-likeness (QED) is 0.910. The number of nitrogens with one attached hydrogen (secondary N) is 1. The van der Waals surface area contributed by atoms with Crippen molar-refractivity contribution in [1.82, 2.24) is 15.1 Å². The molecule has 130 valence electrons. The Morgan fingerprint density at radius 3 is 2.62 bits per heavy atom. The van der Waals surface area contributed by atoms with Crippen molar-refractivity contribution in [2.45, 2.75) is 37.3 Å². The molecule has 4 nitrogen and oxygen atoms in total. The average Bonchev–Trinajstić information content (AvgIpc) is 3.34. The monoisotopic (exact) mass is 345 g/mol. The molecule has 0 aromatic heterocycles. The first-order valence-electron chi connectivity index (χ1n) is 9.20. The van der Waals surface area contributed by atoms with Crippen LogP contribution in [0.4, 0.5) is 0 Å². The Labute approximate surface area is 149 Å². The van der Waals surface area contributed by atoms with Crippen LogP contribution in [-0.2, 0) is 4.79 Å². The number of carbonyl (C=O) groups is 1. The minimum atomic E-state index is 0.0422. The van der Waals surface area contributed by atoms with Crippen LogP contribution in [0.15, 0.2) is 30.3 Å². The summed E-state index contributed by atoms with van der Waals surface area (Å²) in [6.45, 7) is 4.21. The molecule has 0 spiro atoms. The highest BCUT2D eigenvalue weighted by molar-refractivity contribution is 7.99. The summed E-state index contributed by atoms with van der Waals surface area (Å²) in [5.41, 5.74) is 1.49. The van der Waals surface area contributed by atoms with Gasteiger partial charge in [0.1, 0.15) is 0 Å². The molecule has 0 aliphatic carbocycles. The van der Waals surface area contributed by atoms with E-state index in [-0.39, 0.29) is 6.04 Å². The predicted molar refractivity (Wildman–Crippen MR) is 99.2 cm³/mol. The van der Waals surface area contributed by atoms with Gasteiger partial charge >= 0.3 is 0 Å². The van der Waals surface area contributed by atoms with Crippen LogP contribution in [0.25, 0.3) is 0 Å². The largest absolute Gasteiger partial charge is 0.331 e. The lowest BCUT2D eigenvalue weighted by molar-refractivity contribution is -0.131. The van der Waals surface area contributed by atoms with E-state index in [0.717, 1.165) is 44.2 Å². The molecule has 3 aliphatic heterocycles. The molecule has 3 heterocycles. The van der Waals surface area contributed by atoms with Crippen molar-refractivity contribution in [3.8, 4) is 0 Å². The Morgan fingerprint density at radius 2 is 1.92 bits per heavy atom. The molecule has 0 saturated carbocycles. The van der Waals surface area contributed by atoms with Crippen LogP contribution in [0, 0.1) is 0 Å². The third-order valence-electron chi connectivity index (χ3n) is 5.79. The molecule has 4 rings (SSSR count). The van der Waals surface area contributed by atoms with Crippen LogP contribution >= 0.6 is 11.8 Å². The van der Waals surface area contributed by atoms with Crippen LogP contribution in [0.5, 0.6) is 0 Å². The molecular weight excluding hydrogens is 318 g/mol. The summed E-state index contributed by atoms with van der Waals surface area (Å²) in [5, 5.41) is 3.48. The third-order valence-corrected chi connectivity index (χ3v) is 6.75. The first-order chi connectivity index (χ1) is 11.8. The Bertz CT molecular complexity index is 553. The number of hydrogen-bond donors (Lipinski definition) is 1. The molecule has 1 aromatic carbocycles. The number of nitrogens with zero attached hydrogens (tertiary/aromatic N) is 2. The Kier molecular flexibility index (Phi) is 5.11. The van der Waals surface area contributed by atoms with Crippen molar-refractivity contribution < 1.29 is 4.79 Å². The smallest absolute Gasteiger partial charge is 0.240 e. The highest BCUT2D eigenvalue weighted by Crippen LogP contribution is 2.30. The Balaban J connectivity index is 1.28. The van der Waals surface area contributed by atoms with Gasteiger partial charge in [-0.2, -0.15) is 0 Å². The first kappa shape index (κ1) is 16.4. The topological polar surface area (TPSA) is 35.6 Å². The van der Waals surface area contributed by atoms with E-state index in [1.54, 1.807) is 0 Å². The summed E-state index contributed by atoms with van der Waals surface area (Å²) < 4.78 is 0. The molecule has 1 N–H and O–H groups in total. The van der Waals surface area contributed by atoms with Crippen LogP contribution < -0.4 is 5.32 Å². The minimum absolute atomic E-state index is 0.0422. The maximum absolute atomic E-state index is 12.5. The lowest BCUT2D eigenvalue weighted by Crippen LogP contribution is -2.42. The zero-order valence-corrected chi connectivity index (χ0v) is 15.0. The average molecular weight is 346 g/mol. The fourth-order valence-electron chi connectivity index (χ4n) is 4.31. The van der Waals surface area contributed by atoms with Crippen molar-refractivity contribution in [2.24, 2.45) is 0 Å². The Hall–Kier alpha value is -1.04. The number of carbonyl (C=O) groups excluding carboxylic acids is 1. The van der Waals surface area contributed by atoms with Gasteiger partial charge in [-0.25, -0.2) is 0 Å². The summed E-state index contributed by atoms with van der Waals surface area (Å²) in [6.07, 6.45) is 3.46. The summed E-state index contributed by atoms with van der Waals surface area (Å²) in [7, 11) is 0. The van der Waals surface area contributed by atoms with E-state index in [1.165, 1.54) is 18.4 Å². The number of hydrogen-bond acceptors (Lipinski definition) is 4. The molecule has 3 fully saturated rings. The number of likely N-dealkylation sites (tertiary alicyclic amines) is 1. The van der Waals surface area contributed by atoms with Crippen molar-refractivity contribution in [3.05, 3.63) is 35.9 Å². The summed E-state index contributed by atoms with van der Waals surface area (Å²) in [5.74, 6) is 3.00. The molecule has 2 atom stereocenters. The minimum Gasteiger partial charge on any atom is -0.331 e. The van der Waals surface area contributed by atoms with Gasteiger partial charge in [-0.05, 0) is 43.8 Å². The normalized spacial score (nSPS) is 29.2. The van der Waals surface area contributed by atoms with Crippen LogP contribution in [0.3, 0.4) is 0 Å². The molecule has 1 amide bonds. The number of piperidine rings is 1. The highest BCUT2D eigenvalue weighted by Gasteiger charge is 2.36. The van der Waals surface area contributed by atoms with Crippen molar-refractivity contribution in [3.63, 3.8) is 0 Å². The predicted octanol–water partition coefficient (Wildman–Crippen LogP) is 2.13. The fraction of sp³-hybridized carbons (Fsp3) is 0.632. The van der Waals surface area contributed by atoms with E-state index in [1.807, 2.05) is 16.7 Å². The molecule has 24 heavy (non-hydrogen) atoms. The molecule has 1 aromatic rings. The van der Waals surface area contributed by atoms with E-state index in [2.05, 4.69) is 40.5 Å². The number of thioether (sulfide) groups is 1. The van der Waals surface area contributed by atoms with Gasteiger partial charge in [-0.15, -0.1) is 11.8 Å². The van der Waals surface area contributed by atoms with Gasteiger partial charge in [0.05, 0.1) is 11.9 Å². The van der Waals surface area contributed by atoms with Crippen LogP contribution in [-0.4, -0.2) is 65.6 Å². The number of amides is 1. The molecule has 0 radical (unpaired) electrons. The number of rotatable bonds is 3. The van der Waals surface area contributed by atoms with E-state index >= 15 is 0 Å². The Morgan fingerprint density at radius 1 is 1.12 bits per heavy atom. The van der Waals surface area contributed by atoms with Crippen molar-refractivity contribution in [2.75, 3.05) is 37.8 Å². The second-order valence-electron chi connectivity index (χ2n) is 7.21. The zero-order chi connectivity index (χ0) is 16.4. The van der Waals surface area contributed by atoms with Gasteiger partial charge in [0.2, 0.25) is 5.91 Å². The van der Waals surface area contributed by atoms with E-state index in [0.29, 0.717) is 17.9 Å². The lowest BCUT2D eigenvalue weighted by atomic mass is 9.89. The summed E-state index contributed by atoms with van der Waals surface area (Å²) in [4.78, 5) is 17.2. The molecule has 0 unspecified atom stereocenters. The highest BCUT2D eigenvalue weighted by atomic mass is 32.2. The van der Waals surface area contributed by atoms with Gasteiger partial charge in [0, 0.05) is 24.9 Å². The first-order valence-corrected chi connectivity index (χ1v) is 10.4. The summed E-state index contributed by atoms with van der Waals surface area (Å²) >= 11 is 1.86. The van der Waals surface area contributed by atoms with E-state index in [4.69, 9.17) is 0 Å². The summed E-state index contributed by atoms with van der Waals surface area (Å²) in [6, 6.07) is 11.5. The maximum atomic E-state index is 12.5. The van der Waals surface area contributed by atoms with E-state index < -0.39 is 0 Å². The second kappa shape index (κ2) is 7.46. The molecule has 3 aliphatic rings. The molecule has 0 bridgehead atoms. The third kappa shape index (κ3) is 3.48. The van der Waals surface area contributed by atoms with Gasteiger partial charge in [-0.3, -0.25) is 9.69 Å². The molecule has 3 saturated heterocycles. The van der Waals surface area contributed by atoms with Gasteiger partial charge < -0.3 is 10.2 Å².